The van der Waals surface area contributed by atoms with Gasteiger partial charge in [-0.1, -0.05) is 0 Å². The average molecular weight is 258 g/mol. The summed E-state index contributed by atoms with van der Waals surface area (Å²) in [7, 11) is 0. The van der Waals surface area contributed by atoms with Crippen LogP contribution in [0.3, 0.4) is 0 Å². The third-order valence-electron chi connectivity index (χ3n) is 2.11. The van der Waals surface area contributed by atoms with Crippen molar-refractivity contribution in [2.45, 2.75) is 18.5 Å². The molecule has 0 saturated heterocycles. The van der Waals surface area contributed by atoms with Crippen LogP contribution >= 0.6 is 0 Å². The minimum atomic E-state index is -5.07. The predicted molar refractivity (Wildman–Crippen MR) is 47.0 cm³/mol. The van der Waals surface area contributed by atoms with E-state index in [4.69, 9.17) is 5.11 Å². The number of halogens is 6. The van der Waals surface area contributed by atoms with E-state index in [-0.39, 0.29) is 6.07 Å². The Hall–Kier alpha value is -1.24. The monoisotopic (exact) mass is 258 g/mol. The lowest BCUT2D eigenvalue weighted by molar-refractivity contribution is -0.142. The van der Waals surface area contributed by atoms with Crippen LogP contribution < -0.4 is 0 Å². The molecule has 0 aliphatic heterocycles. The Balaban J connectivity index is 3.33. The number of benzene rings is 1. The molecule has 1 aromatic rings. The molecular formula is C10H8F6O. The van der Waals surface area contributed by atoms with Gasteiger partial charge in [0.05, 0.1) is 5.56 Å². The standard InChI is InChI=1S/C10H8F6O/c11-6-1-2-7(9(12,13)3-4-17)8(5-6)10(14,15)16/h1-2,5,17H,3-4H2. The van der Waals surface area contributed by atoms with Crippen LogP contribution in [-0.2, 0) is 12.1 Å². The second-order valence-electron chi connectivity index (χ2n) is 3.37. The van der Waals surface area contributed by atoms with Crippen LogP contribution in [0.1, 0.15) is 17.5 Å². The number of aliphatic hydroxyl groups is 1. The smallest absolute Gasteiger partial charge is 0.396 e. The lowest BCUT2D eigenvalue weighted by Gasteiger charge is -2.20. The molecule has 17 heavy (non-hydrogen) atoms. The molecule has 1 nitrogen and oxygen atoms in total. The highest BCUT2D eigenvalue weighted by molar-refractivity contribution is 5.33. The van der Waals surface area contributed by atoms with Crippen LogP contribution in [0.25, 0.3) is 0 Å². The highest BCUT2D eigenvalue weighted by atomic mass is 19.4. The van der Waals surface area contributed by atoms with Gasteiger partial charge in [0.1, 0.15) is 5.82 Å². The summed E-state index contributed by atoms with van der Waals surface area (Å²) in [5, 5.41) is 8.38. The molecular weight excluding hydrogens is 250 g/mol. The molecule has 0 aromatic heterocycles. The molecule has 7 heteroatoms. The fourth-order valence-electron chi connectivity index (χ4n) is 1.35. The molecule has 0 saturated carbocycles. The van der Waals surface area contributed by atoms with Crippen LogP contribution in [0, 0.1) is 5.82 Å². The van der Waals surface area contributed by atoms with Gasteiger partial charge in [0.2, 0.25) is 0 Å². The first-order valence-corrected chi connectivity index (χ1v) is 4.54. The molecule has 0 heterocycles. The number of hydrogen-bond donors (Lipinski definition) is 1. The highest BCUT2D eigenvalue weighted by Gasteiger charge is 2.42. The van der Waals surface area contributed by atoms with Gasteiger partial charge in [-0.05, 0) is 18.2 Å². The van der Waals surface area contributed by atoms with Gasteiger partial charge in [0.15, 0.2) is 0 Å². The number of hydrogen-bond acceptors (Lipinski definition) is 1. The van der Waals surface area contributed by atoms with Crippen molar-refractivity contribution in [2.75, 3.05) is 6.61 Å². The van der Waals surface area contributed by atoms with E-state index >= 15 is 0 Å². The lowest BCUT2D eigenvalue weighted by Crippen LogP contribution is -2.21. The van der Waals surface area contributed by atoms with Gasteiger partial charge in [0, 0.05) is 18.6 Å². The quantitative estimate of drug-likeness (QED) is 0.824. The van der Waals surface area contributed by atoms with E-state index in [0.717, 1.165) is 0 Å². The van der Waals surface area contributed by atoms with Crippen molar-refractivity contribution in [1.82, 2.24) is 0 Å². The third-order valence-corrected chi connectivity index (χ3v) is 2.11. The van der Waals surface area contributed by atoms with E-state index in [1.807, 2.05) is 0 Å². The first kappa shape index (κ1) is 13.8. The summed E-state index contributed by atoms with van der Waals surface area (Å²) < 4.78 is 76.6. The average Bonchev–Trinajstić information content (AvgIpc) is 2.15. The topological polar surface area (TPSA) is 20.2 Å². The summed E-state index contributed by atoms with van der Waals surface area (Å²) in [6.45, 7) is -0.971. The molecule has 0 aliphatic carbocycles. The first-order chi connectivity index (χ1) is 7.68. The van der Waals surface area contributed by atoms with Crippen molar-refractivity contribution in [3.63, 3.8) is 0 Å². The summed E-state index contributed by atoms with van der Waals surface area (Å²) in [5.41, 5.74) is -3.06. The number of alkyl halides is 5. The van der Waals surface area contributed by atoms with Gasteiger partial charge in [-0.25, -0.2) is 13.2 Å². The Labute approximate surface area is 92.7 Å². The van der Waals surface area contributed by atoms with Gasteiger partial charge in [-0.15, -0.1) is 0 Å². The molecule has 1 rings (SSSR count). The number of aliphatic hydroxyl groups excluding tert-OH is 1. The Morgan fingerprint density at radius 3 is 2.06 bits per heavy atom. The minimum Gasteiger partial charge on any atom is -0.396 e. The number of rotatable bonds is 3. The zero-order chi connectivity index (χ0) is 13.3. The molecule has 0 atom stereocenters. The van der Waals surface area contributed by atoms with Gasteiger partial charge in [0.25, 0.3) is 5.92 Å². The second-order valence-corrected chi connectivity index (χ2v) is 3.37. The van der Waals surface area contributed by atoms with Crippen LogP contribution in [0.2, 0.25) is 0 Å². The van der Waals surface area contributed by atoms with Crippen molar-refractivity contribution in [2.24, 2.45) is 0 Å². The summed E-state index contributed by atoms with van der Waals surface area (Å²) in [4.78, 5) is 0. The molecule has 96 valence electrons. The summed E-state index contributed by atoms with van der Waals surface area (Å²) in [5.74, 6) is -5.10. The molecule has 1 aromatic carbocycles. The van der Waals surface area contributed by atoms with Crippen molar-refractivity contribution in [3.05, 3.63) is 35.1 Å². The third kappa shape index (κ3) is 3.12. The Morgan fingerprint density at radius 1 is 1.00 bits per heavy atom. The van der Waals surface area contributed by atoms with Gasteiger partial charge in [-0.2, -0.15) is 13.2 Å². The van der Waals surface area contributed by atoms with E-state index in [1.165, 1.54) is 0 Å². The maximum Gasteiger partial charge on any atom is 0.416 e. The van der Waals surface area contributed by atoms with Crippen LogP contribution in [0.15, 0.2) is 18.2 Å². The Morgan fingerprint density at radius 2 is 1.59 bits per heavy atom. The summed E-state index contributed by atoms with van der Waals surface area (Å²) >= 11 is 0. The second kappa shape index (κ2) is 4.56. The van der Waals surface area contributed by atoms with Crippen LogP contribution in [-0.4, -0.2) is 11.7 Å². The van der Waals surface area contributed by atoms with E-state index in [2.05, 4.69) is 0 Å². The van der Waals surface area contributed by atoms with Gasteiger partial charge < -0.3 is 5.11 Å². The zero-order valence-corrected chi connectivity index (χ0v) is 8.36. The molecule has 0 unspecified atom stereocenters. The van der Waals surface area contributed by atoms with E-state index < -0.39 is 42.1 Å². The minimum absolute atomic E-state index is 0.0145. The first-order valence-electron chi connectivity index (χ1n) is 4.54. The predicted octanol–water partition coefficient (Wildman–Crippen LogP) is 3.32. The van der Waals surface area contributed by atoms with E-state index in [9.17, 15) is 26.3 Å². The fourth-order valence-corrected chi connectivity index (χ4v) is 1.35. The maximum absolute atomic E-state index is 13.3. The molecule has 0 fully saturated rings. The maximum atomic E-state index is 13.3. The zero-order valence-electron chi connectivity index (χ0n) is 8.36. The van der Waals surface area contributed by atoms with Crippen LogP contribution in [0.5, 0.6) is 0 Å². The fraction of sp³-hybridized carbons (Fsp3) is 0.400. The van der Waals surface area contributed by atoms with Gasteiger partial charge >= 0.3 is 6.18 Å². The van der Waals surface area contributed by atoms with Gasteiger partial charge in [-0.3, -0.25) is 0 Å². The van der Waals surface area contributed by atoms with Crippen LogP contribution in [0.4, 0.5) is 26.3 Å². The molecule has 0 spiro atoms. The van der Waals surface area contributed by atoms with Crippen molar-refractivity contribution < 1.29 is 31.4 Å². The molecule has 0 aliphatic rings. The SMILES string of the molecule is OCCC(F)(F)c1ccc(F)cc1C(F)(F)F. The van der Waals surface area contributed by atoms with Crippen molar-refractivity contribution in [3.8, 4) is 0 Å². The molecule has 0 amide bonds. The Bertz CT molecular complexity index is 398. The molecule has 0 radical (unpaired) electrons. The lowest BCUT2D eigenvalue weighted by atomic mass is 9.99. The summed E-state index contributed by atoms with van der Waals surface area (Å²) in [6.07, 6.45) is -6.22. The summed E-state index contributed by atoms with van der Waals surface area (Å²) in [6, 6.07) is 0.921. The largest absolute Gasteiger partial charge is 0.416 e. The highest BCUT2D eigenvalue weighted by Crippen LogP contribution is 2.41. The Kier molecular flexibility index (Phi) is 3.71. The van der Waals surface area contributed by atoms with Crippen molar-refractivity contribution >= 4 is 0 Å². The van der Waals surface area contributed by atoms with E-state index in [1.54, 1.807) is 0 Å². The van der Waals surface area contributed by atoms with Crippen molar-refractivity contribution in [1.29, 1.82) is 0 Å². The molecule has 0 bridgehead atoms. The van der Waals surface area contributed by atoms with E-state index in [0.29, 0.717) is 12.1 Å². The molecule has 1 N–H and O–H groups in total. The normalized spacial score (nSPS) is 12.9.